The Labute approximate surface area is 101 Å². The largest absolute Gasteiger partial charge is 0.496 e. The molecule has 0 aliphatic rings. The normalized spacial score (nSPS) is 14.6. The van der Waals surface area contributed by atoms with Crippen molar-refractivity contribution in [1.82, 2.24) is 0 Å². The zero-order valence-electron chi connectivity index (χ0n) is 9.61. The van der Waals surface area contributed by atoms with Crippen LogP contribution in [0, 0.1) is 0 Å². The molecule has 3 nitrogen and oxygen atoms in total. The van der Waals surface area contributed by atoms with Crippen molar-refractivity contribution in [3.8, 4) is 5.75 Å². The molecule has 0 heterocycles. The molecule has 2 atom stereocenters. The first-order valence-corrected chi connectivity index (χ1v) is 5.73. The smallest absolute Gasteiger partial charge is 0.122 e. The van der Waals surface area contributed by atoms with E-state index in [0.29, 0.717) is 23.7 Å². The molecule has 0 saturated heterocycles. The molecule has 1 rings (SSSR count). The number of aliphatic hydroxyl groups is 1. The molecule has 0 radical (unpaired) electrons. The highest BCUT2D eigenvalue weighted by molar-refractivity contribution is 6.30. The summed E-state index contributed by atoms with van der Waals surface area (Å²) in [4.78, 5) is 0. The minimum absolute atomic E-state index is 0.140. The molecule has 2 unspecified atom stereocenters. The van der Waals surface area contributed by atoms with Crippen molar-refractivity contribution in [3.05, 3.63) is 28.8 Å². The predicted molar refractivity (Wildman–Crippen MR) is 66.1 cm³/mol. The quantitative estimate of drug-likeness (QED) is 0.833. The van der Waals surface area contributed by atoms with E-state index in [4.69, 9.17) is 22.1 Å². The van der Waals surface area contributed by atoms with Crippen LogP contribution >= 0.6 is 11.6 Å². The molecule has 3 N–H and O–H groups in total. The first-order valence-electron chi connectivity index (χ1n) is 5.35. The van der Waals surface area contributed by atoms with E-state index >= 15 is 0 Å². The second-order valence-electron chi connectivity index (χ2n) is 3.70. The highest BCUT2D eigenvalue weighted by atomic mass is 35.5. The molecule has 0 aliphatic heterocycles. The van der Waals surface area contributed by atoms with Crippen molar-refractivity contribution >= 4 is 11.6 Å². The fourth-order valence-corrected chi connectivity index (χ4v) is 1.95. The lowest BCUT2D eigenvalue weighted by atomic mass is 9.91. The second kappa shape index (κ2) is 6.09. The lowest BCUT2D eigenvalue weighted by Crippen LogP contribution is -2.25. The van der Waals surface area contributed by atoms with E-state index in [2.05, 4.69) is 0 Å². The van der Waals surface area contributed by atoms with Crippen LogP contribution < -0.4 is 10.5 Å². The monoisotopic (exact) mass is 243 g/mol. The Morgan fingerprint density at radius 3 is 2.69 bits per heavy atom. The summed E-state index contributed by atoms with van der Waals surface area (Å²) >= 11 is 5.94. The van der Waals surface area contributed by atoms with E-state index in [1.165, 1.54) is 0 Å². The van der Waals surface area contributed by atoms with Gasteiger partial charge >= 0.3 is 0 Å². The van der Waals surface area contributed by atoms with Gasteiger partial charge in [-0.3, -0.25) is 0 Å². The van der Waals surface area contributed by atoms with Gasteiger partial charge in [-0.25, -0.2) is 0 Å². The maximum Gasteiger partial charge on any atom is 0.122 e. The Balaban J connectivity index is 3.11. The lowest BCUT2D eigenvalue weighted by molar-refractivity contribution is 0.140. The van der Waals surface area contributed by atoms with Crippen LogP contribution in [0.4, 0.5) is 0 Å². The zero-order chi connectivity index (χ0) is 12.1. The molecule has 0 spiro atoms. The first-order chi connectivity index (χ1) is 7.63. The Hall–Kier alpha value is -0.770. The SMILES string of the molecule is CCC(O)C(CN)c1cc(Cl)ccc1OC. The van der Waals surface area contributed by atoms with E-state index in [1.807, 2.05) is 6.92 Å². The molecular weight excluding hydrogens is 226 g/mol. The molecule has 90 valence electrons. The van der Waals surface area contributed by atoms with Crippen molar-refractivity contribution in [2.45, 2.75) is 25.4 Å². The van der Waals surface area contributed by atoms with Crippen LogP contribution in [0.2, 0.25) is 5.02 Å². The van der Waals surface area contributed by atoms with Gasteiger partial charge in [0.15, 0.2) is 0 Å². The van der Waals surface area contributed by atoms with Gasteiger partial charge in [0.2, 0.25) is 0 Å². The first kappa shape index (κ1) is 13.3. The standard InChI is InChI=1S/C12H18ClNO2/c1-3-11(15)10(7-14)9-6-8(13)4-5-12(9)16-2/h4-6,10-11,15H,3,7,14H2,1-2H3. The van der Waals surface area contributed by atoms with Gasteiger partial charge < -0.3 is 15.6 Å². The van der Waals surface area contributed by atoms with Gasteiger partial charge in [-0.2, -0.15) is 0 Å². The zero-order valence-corrected chi connectivity index (χ0v) is 10.4. The highest BCUT2D eigenvalue weighted by Gasteiger charge is 2.21. The topological polar surface area (TPSA) is 55.5 Å². The Bertz CT molecular complexity index is 344. The van der Waals surface area contributed by atoms with Crippen LogP contribution in [0.3, 0.4) is 0 Å². The van der Waals surface area contributed by atoms with Crippen LogP contribution in [0.5, 0.6) is 5.75 Å². The minimum atomic E-state index is -0.475. The summed E-state index contributed by atoms with van der Waals surface area (Å²) in [6.45, 7) is 2.29. The van der Waals surface area contributed by atoms with E-state index in [-0.39, 0.29) is 5.92 Å². The van der Waals surface area contributed by atoms with Crippen LogP contribution in [-0.2, 0) is 0 Å². The van der Waals surface area contributed by atoms with Gasteiger partial charge in [0.05, 0.1) is 13.2 Å². The van der Waals surface area contributed by atoms with Crippen LogP contribution in [0.15, 0.2) is 18.2 Å². The highest BCUT2D eigenvalue weighted by Crippen LogP contribution is 2.31. The second-order valence-corrected chi connectivity index (χ2v) is 4.14. The summed E-state index contributed by atoms with van der Waals surface area (Å²) in [5.41, 5.74) is 6.56. The molecule has 4 heteroatoms. The number of ether oxygens (including phenoxy) is 1. The van der Waals surface area contributed by atoms with Crippen LogP contribution in [0.25, 0.3) is 0 Å². The summed E-state index contributed by atoms with van der Waals surface area (Å²) in [6, 6.07) is 5.36. The fourth-order valence-electron chi connectivity index (χ4n) is 1.77. The molecule has 16 heavy (non-hydrogen) atoms. The summed E-state index contributed by atoms with van der Waals surface area (Å²) in [5.74, 6) is 0.575. The van der Waals surface area contributed by atoms with Crippen molar-refractivity contribution in [3.63, 3.8) is 0 Å². The van der Waals surface area contributed by atoms with Crippen molar-refractivity contribution in [2.75, 3.05) is 13.7 Å². The van der Waals surface area contributed by atoms with E-state index < -0.39 is 6.10 Å². The Morgan fingerprint density at radius 2 is 2.19 bits per heavy atom. The van der Waals surface area contributed by atoms with Gasteiger partial charge in [-0.1, -0.05) is 18.5 Å². The summed E-state index contributed by atoms with van der Waals surface area (Å²) in [7, 11) is 1.60. The number of methoxy groups -OCH3 is 1. The molecular formula is C12H18ClNO2. The molecule has 1 aromatic rings. The third-order valence-electron chi connectivity index (χ3n) is 2.73. The maximum atomic E-state index is 9.90. The van der Waals surface area contributed by atoms with Gasteiger partial charge in [-0.15, -0.1) is 0 Å². The average Bonchev–Trinajstić information content (AvgIpc) is 2.30. The van der Waals surface area contributed by atoms with Gasteiger partial charge in [-0.05, 0) is 24.6 Å². The Kier molecular flexibility index (Phi) is 5.06. The minimum Gasteiger partial charge on any atom is -0.496 e. The molecule has 0 aliphatic carbocycles. The fraction of sp³-hybridized carbons (Fsp3) is 0.500. The number of hydrogen-bond acceptors (Lipinski definition) is 3. The lowest BCUT2D eigenvalue weighted by Gasteiger charge is -2.22. The van der Waals surface area contributed by atoms with Gasteiger partial charge in [0.25, 0.3) is 0 Å². The van der Waals surface area contributed by atoms with Gasteiger partial charge in [0, 0.05) is 23.0 Å². The molecule has 1 aromatic carbocycles. The molecule has 0 saturated carbocycles. The predicted octanol–water partition coefficient (Wildman–Crippen LogP) is 2.16. The van der Waals surface area contributed by atoms with Gasteiger partial charge in [0.1, 0.15) is 5.75 Å². The van der Waals surface area contributed by atoms with Crippen molar-refractivity contribution < 1.29 is 9.84 Å². The third kappa shape index (κ3) is 2.88. The maximum absolute atomic E-state index is 9.90. The average molecular weight is 244 g/mol. The molecule has 0 amide bonds. The van der Waals surface area contributed by atoms with E-state index in [9.17, 15) is 5.11 Å². The summed E-state index contributed by atoms with van der Waals surface area (Å²) in [5, 5.41) is 10.5. The van der Waals surface area contributed by atoms with Crippen LogP contribution in [-0.4, -0.2) is 24.9 Å². The Morgan fingerprint density at radius 1 is 1.50 bits per heavy atom. The number of halogens is 1. The summed E-state index contributed by atoms with van der Waals surface area (Å²) in [6.07, 6.45) is 0.176. The number of nitrogens with two attached hydrogens (primary N) is 1. The number of benzene rings is 1. The molecule has 0 bridgehead atoms. The number of rotatable bonds is 5. The third-order valence-corrected chi connectivity index (χ3v) is 2.96. The molecule has 0 aromatic heterocycles. The number of hydrogen-bond donors (Lipinski definition) is 2. The van der Waals surface area contributed by atoms with Crippen molar-refractivity contribution in [1.29, 1.82) is 0 Å². The molecule has 0 fully saturated rings. The summed E-state index contributed by atoms with van der Waals surface area (Å²) < 4.78 is 5.25. The number of aliphatic hydroxyl groups excluding tert-OH is 1. The van der Waals surface area contributed by atoms with Crippen LogP contribution in [0.1, 0.15) is 24.8 Å². The van der Waals surface area contributed by atoms with Crippen molar-refractivity contribution in [2.24, 2.45) is 5.73 Å². The van der Waals surface area contributed by atoms with E-state index in [1.54, 1.807) is 25.3 Å². The van der Waals surface area contributed by atoms with E-state index in [0.717, 1.165) is 5.56 Å².